The molecule has 114 valence electrons. The van der Waals surface area contributed by atoms with Crippen molar-refractivity contribution in [2.45, 2.75) is 26.8 Å². The number of carbonyl (C=O) groups is 2. The second kappa shape index (κ2) is 8.14. The summed E-state index contributed by atoms with van der Waals surface area (Å²) >= 11 is 0. The first-order valence-electron chi connectivity index (χ1n) is 6.35. The molecule has 0 saturated carbocycles. The normalized spacial score (nSPS) is 10.1. The van der Waals surface area contributed by atoms with Crippen molar-refractivity contribution in [3.8, 4) is 0 Å². The van der Waals surface area contributed by atoms with Crippen molar-refractivity contribution in [2.24, 2.45) is 0 Å². The summed E-state index contributed by atoms with van der Waals surface area (Å²) in [7, 11) is 0. The number of allylic oxidation sites excluding steroid dienone is 1. The molecule has 0 aliphatic carbocycles. The highest BCUT2D eigenvalue weighted by molar-refractivity contribution is 5.89. The number of alkyl halides is 2. The van der Waals surface area contributed by atoms with Crippen LogP contribution in [-0.4, -0.2) is 24.9 Å². The topological polar surface area (TPSA) is 55.4 Å². The zero-order valence-corrected chi connectivity index (χ0v) is 11.9. The van der Waals surface area contributed by atoms with E-state index in [1.807, 2.05) is 13.8 Å². The molecule has 1 N–H and O–H groups in total. The van der Waals surface area contributed by atoms with Gasteiger partial charge in [-0.3, -0.25) is 4.79 Å². The van der Waals surface area contributed by atoms with E-state index in [-0.39, 0.29) is 11.5 Å². The number of amides is 1. The Kier molecular flexibility index (Phi) is 6.52. The van der Waals surface area contributed by atoms with E-state index in [1.165, 1.54) is 18.2 Å². The highest BCUT2D eigenvalue weighted by Crippen LogP contribution is 2.07. The fourth-order valence-corrected chi connectivity index (χ4v) is 1.48. The minimum Gasteiger partial charge on any atom is -0.456 e. The van der Waals surface area contributed by atoms with Crippen molar-refractivity contribution < 1.29 is 23.1 Å². The number of carbonyl (C=O) groups excluding carboxylic acids is 2. The van der Waals surface area contributed by atoms with Crippen LogP contribution < -0.4 is 5.32 Å². The van der Waals surface area contributed by atoms with Gasteiger partial charge >= 0.3 is 5.97 Å². The molecule has 1 amide bonds. The number of rotatable bonds is 6. The third-order valence-electron chi connectivity index (χ3n) is 2.42. The molecule has 6 heteroatoms. The Labute approximate surface area is 121 Å². The molecule has 0 heterocycles. The van der Waals surface area contributed by atoms with Crippen molar-refractivity contribution in [2.75, 3.05) is 6.61 Å². The average Bonchev–Trinajstić information content (AvgIpc) is 2.42. The lowest BCUT2D eigenvalue weighted by Gasteiger charge is -2.06. The number of benzene rings is 1. The summed E-state index contributed by atoms with van der Waals surface area (Å²) in [6.07, 6.45) is -1.20. The summed E-state index contributed by atoms with van der Waals surface area (Å²) in [5.74, 6) is -0.995. The van der Waals surface area contributed by atoms with Gasteiger partial charge in [0.1, 0.15) is 0 Å². The maximum absolute atomic E-state index is 11.9. The van der Waals surface area contributed by atoms with Crippen LogP contribution >= 0.6 is 0 Å². The summed E-state index contributed by atoms with van der Waals surface area (Å²) in [6.45, 7) is 3.03. The Balaban J connectivity index is 2.52. The number of esters is 1. The minimum atomic E-state index is -2.68. The summed E-state index contributed by atoms with van der Waals surface area (Å²) in [5, 5.41) is 2.69. The predicted molar refractivity (Wildman–Crippen MR) is 74.0 cm³/mol. The monoisotopic (exact) mass is 297 g/mol. The fourth-order valence-electron chi connectivity index (χ4n) is 1.48. The second-order valence-electron chi connectivity index (χ2n) is 4.63. The molecule has 0 saturated heterocycles. The van der Waals surface area contributed by atoms with E-state index in [2.05, 4.69) is 10.1 Å². The Morgan fingerprint density at radius 1 is 1.24 bits per heavy atom. The van der Waals surface area contributed by atoms with Gasteiger partial charge in [-0.25, -0.2) is 13.6 Å². The smallest absolute Gasteiger partial charge is 0.338 e. The third-order valence-corrected chi connectivity index (χ3v) is 2.42. The second-order valence-corrected chi connectivity index (χ2v) is 4.63. The van der Waals surface area contributed by atoms with Crippen LogP contribution in [0.15, 0.2) is 35.9 Å². The van der Waals surface area contributed by atoms with E-state index in [1.54, 1.807) is 12.1 Å². The van der Waals surface area contributed by atoms with Crippen LogP contribution in [0.3, 0.4) is 0 Å². The van der Waals surface area contributed by atoms with E-state index in [9.17, 15) is 18.4 Å². The molecule has 0 aromatic heterocycles. The van der Waals surface area contributed by atoms with Crippen molar-refractivity contribution >= 4 is 11.9 Å². The molecule has 1 aromatic rings. The number of halogens is 2. The molecular formula is C15H17F2NO3. The Morgan fingerprint density at radius 2 is 1.86 bits per heavy atom. The van der Waals surface area contributed by atoms with Gasteiger partial charge in [-0.1, -0.05) is 17.7 Å². The molecule has 0 atom stereocenters. The zero-order valence-electron chi connectivity index (χ0n) is 11.9. The van der Waals surface area contributed by atoms with Gasteiger partial charge in [0.05, 0.1) is 5.56 Å². The lowest BCUT2D eigenvalue weighted by molar-refractivity contribution is -0.116. The molecule has 1 aromatic carbocycles. The van der Waals surface area contributed by atoms with Crippen LogP contribution in [0.2, 0.25) is 0 Å². The summed E-state index contributed by atoms with van der Waals surface area (Å²) in [4.78, 5) is 22.8. The SMILES string of the molecule is CC(C)=CC(=O)NCc1ccc(C(=O)OCC(F)F)cc1. The van der Waals surface area contributed by atoms with Crippen LogP contribution in [-0.2, 0) is 16.1 Å². The quantitative estimate of drug-likeness (QED) is 0.649. The van der Waals surface area contributed by atoms with Gasteiger partial charge in [-0.15, -0.1) is 0 Å². The first-order valence-corrected chi connectivity index (χ1v) is 6.35. The average molecular weight is 297 g/mol. The molecule has 4 nitrogen and oxygen atoms in total. The zero-order chi connectivity index (χ0) is 15.8. The molecule has 0 aliphatic heterocycles. The summed E-state index contributed by atoms with van der Waals surface area (Å²) in [6, 6.07) is 6.19. The van der Waals surface area contributed by atoms with Crippen LogP contribution in [0.25, 0.3) is 0 Å². The number of hydrogen-bond acceptors (Lipinski definition) is 3. The summed E-state index contributed by atoms with van der Waals surface area (Å²) < 4.78 is 28.2. The van der Waals surface area contributed by atoms with Gasteiger partial charge in [0, 0.05) is 12.6 Å². The number of hydrogen-bond donors (Lipinski definition) is 1. The molecule has 0 radical (unpaired) electrons. The molecule has 1 rings (SSSR count). The number of ether oxygens (including phenoxy) is 1. The van der Waals surface area contributed by atoms with Gasteiger partial charge in [0.15, 0.2) is 6.61 Å². The van der Waals surface area contributed by atoms with Crippen molar-refractivity contribution in [3.05, 3.63) is 47.0 Å². The molecule has 0 bridgehead atoms. The van der Waals surface area contributed by atoms with Crippen molar-refractivity contribution in [1.82, 2.24) is 5.32 Å². The van der Waals surface area contributed by atoms with E-state index in [0.717, 1.165) is 11.1 Å². The number of nitrogens with one attached hydrogen (secondary N) is 1. The maximum Gasteiger partial charge on any atom is 0.338 e. The van der Waals surface area contributed by atoms with Gasteiger partial charge in [-0.05, 0) is 31.5 Å². The summed E-state index contributed by atoms with van der Waals surface area (Å²) in [5.41, 5.74) is 1.87. The molecular weight excluding hydrogens is 280 g/mol. The fraction of sp³-hybridized carbons (Fsp3) is 0.333. The molecule has 0 fully saturated rings. The minimum absolute atomic E-state index is 0.190. The van der Waals surface area contributed by atoms with Crippen LogP contribution in [0.4, 0.5) is 8.78 Å². The lowest BCUT2D eigenvalue weighted by atomic mass is 10.1. The first-order chi connectivity index (χ1) is 9.88. The first kappa shape index (κ1) is 16.8. The van der Waals surface area contributed by atoms with Gasteiger partial charge < -0.3 is 10.1 Å². The molecule has 0 spiro atoms. The van der Waals surface area contributed by atoms with Gasteiger partial charge in [0.25, 0.3) is 6.43 Å². The molecule has 0 unspecified atom stereocenters. The van der Waals surface area contributed by atoms with Crippen LogP contribution in [0, 0.1) is 0 Å². The predicted octanol–water partition coefficient (Wildman–Crippen LogP) is 2.69. The molecule has 0 aliphatic rings. The van der Waals surface area contributed by atoms with Gasteiger partial charge in [-0.2, -0.15) is 0 Å². The standard InChI is InChI=1S/C15H17F2NO3/c1-10(2)7-14(19)18-8-11-3-5-12(6-4-11)15(20)21-9-13(16)17/h3-7,13H,8-9H2,1-2H3,(H,18,19). The van der Waals surface area contributed by atoms with E-state index < -0.39 is 19.0 Å². The van der Waals surface area contributed by atoms with Crippen LogP contribution in [0.5, 0.6) is 0 Å². The van der Waals surface area contributed by atoms with Gasteiger partial charge in [0.2, 0.25) is 5.91 Å². The van der Waals surface area contributed by atoms with E-state index >= 15 is 0 Å². The highest BCUT2D eigenvalue weighted by atomic mass is 19.3. The lowest BCUT2D eigenvalue weighted by Crippen LogP contribution is -2.20. The van der Waals surface area contributed by atoms with Crippen molar-refractivity contribution in [1.29, 1.82) is 0 Å². The Hall–Kier alpha value is -2.24. The maximum atomic E-state index is 11.9. The van der Waals surface area contributed by atoms with E-state index in [0.29, 0.717) is 6.54 Å². The largest absolute Gasteiger partial charge is 0.456 e. The van der Waals surface area contributed by atoms with Crippen LogP contribution in [0.1, 0.15) is 29.8 Å². The Bertz CT molecular complexity index is 520. The van der Waals surface area contributed by atoms with E-state index in [4.69, 9.17) is 0 Å². The highest BCUT2D eigenvalue weighted by Gasteiger charge is 2.10. The Morgan fingerprint density at radius 3 is 2.38 bits per heavy atom. The molecule has 21 heavy (non-hydrogen) atoms. The van der Waals surface area contributed by atoms with Crippen molar-refractivity contribution in [3.63, 3.8) is 0 Å². The third kappa shape index (κ3) is 6.65.